The normalized spacial score (nSPS) is 14.1. The standard InChI is InChI=1S/C56H49BN2O2S/c1-54(2,3)32-18-23-35(24-19-32)58-41-28-22-34(56(7,8)9)30-40(41)57-49-42(31-46-47(51(49)58)37-14-10-12-16-43(37)61-46)59(36-25-20-33(21-26-36)55(4,5)6)50-39-27-29-45-48(52(39)62-53(50)57)38-15-11-13-17-44(38)60-45/h10-31H,1-9H3. The molecule has 0 bridgehead atoms. The first-order chi connectivity index (χ1) is 29.6. The van der Waals surface area contributed by atoms with Crippen LogP contribution in [0.4, 0.5) is 34.1 Å². The topological polar surface area (TPSA) is 32.8 Å². The van der Waals surface area contributed by atoms with Gasteiger partial charge in [-0.05, 0) is 98.5 Å². The van der Waals surface area contributed by atoms with E-state index in [1.54, 1.807) is 0 Å². The molecule has 0 saturated heterocycles. The van der Waals surface area contributed by atoms with Crippen molar-refractivity contribution in [3.05, 3.63) is 150 Å². The Labute approximate surface area is 367 Å². The Balaban J connectivity index is 1.26. The van der Waals surface area contributed by atoms with Crippen LogP contribution in [0.25, 0.3) is 54.0 Å². The molecule has 12 rings (SSSR count). The Hall–Kier alpha value is -6.24. The number of thiophene rings is 1. The molecule has 5 heterocycles. The average molecular weight is 825 g/mol. The van der Waals surface area contributed by atoms with Crippen molar-refractivity contribution in [2.75, 3.05) is 9.80 Å². The molecule has 0 unspecified atom stereocenters. The largest absolute Gasteiger partial charge is 0.456 e. The van der Waals surface area contributed by atoms with Crippen LogP contribution in [0.1, 0.15) is 79.0 Å². The Kier molecular flexibility index (Phi) is 7.67. The van der Waals surface area contributed by atoms with Gasteiger partial charge >= 0.3 is 0 Å². The molecule has 0 aliphatic carbocycles. The number of anilines is 6. The average Bonchev–Trinajstić information content (AvgIpc) is 3.94. The SMILES string of the molecule is CC(C)(C)c1ccc(N2c3cc4oc5ccccc5c4c4c3B(c3cc(C(C)(C)C)ccc3N4c3ccc(C(C)(C)C)cc3)c3sc4c(ccc5oc6ccccc6c54)c32)cc1. The van der Waals surface area contributed by atoms with Crippen LogP contribution < -0.4 is 25.5 Å². The van der Waals surface area contributed by atoms with Crippen LogP contribution in [-0.4, -0.2) is 6.71 Å². The summed E-state index contributed by atoms with van der Waals surface area (Å²) in [4.78, 5) is 5.10. The number of hydrogen-bond donors (Lipinski definition) is 0. The number of benzene rings is 7. The Morgan fingerprint density at radius 2 is 0.984 bits per heavy atom. The van der Waals surface area contributed by atoms with Gasteiger partial charge in [-0.25, -0.2) is 0 Å². The monoisotopic (exact) mass is 824 g/mol. The van der Waals surface area contributed by atoms with Gasteiger partial charge in [0.05, 0.1) is 16.8 Å². The van der Waals surface area contributed by atoms with Crippen molar-refractivity contribution in [1.29, 1.82) is 0 Å². The maximum Gasteiger partial charge on any atom is 0.264 e. The lowest BCUT2D eigenvalue weighted by molar-refractivity contribution is 0.590. The summed E-state index contributed by atoms with van der Waals surface area (Å²) in [5, 5.41) is 5.84. The molecule has 0 fully saturated rings. The van der Waals surface area contributed by atoms with E-state index < -0.39 is 0 Å². The smallest absolute Gasteiger partial charge is 0.264 e. The molecule has 0 atom stereocenters. The highest BCUT2D eigenvalue weighted by atomic mass is 32.1. The molecule has 10 aromatic rings. The van der Waals surface area contributed by atoms with Gasteiger partial charge in [-0.1, -0.05) is 135 Å². The number of hydrogen-bond acceptors (Lipinski definition) is 5. The molecular weight excluding hydrogens is 776 g/mol. The van der Waals surface area contributed by atoms with Gasteiger partial charge in [-0.3, -0.25) is 0 Å². The van der Waals surface area contributed by atoms with Crippen molar-refractivity contribution in [2.24, 2.45) is 0 Å². The van der Waals surface area contributed by atoms with E-state index >= 15 is 0 Å². The molecule has 0 saturated carbocycles. The third kappa shape index (κ3) is 5.32. The lowest BCUT2D eigenvalue weighted by Gasteiger charge is -2.44. The molecule has 3 aromatic heterocycles. The van der Waals surface area contributed by atoms with Crippen LogP contribution in [0.5, 0.6) is 0 Å². The number of nitrogens with zero attached hydrogens (tertiary/aromatic N) is 2. The van der Waals surface area contributed by atoms with Gasteiger partial charge in [0, 0.05) is 59.8 Å². The van der Waals surface area contributed by atoms with Crippen LogP contribution in [0, 0.1) is 0 Å². The third-order valence-electron chi connectivity index (χ3n) is 13.5. The van der Waals surface area contributed by atoms with E-state index in [9.17, 15) is 0 Å². The summed E-state index contributed by atoms with van der Waals surface area (Å²) in [5.41, 5.74) is 17.2. The minimum atomic E-state index is -0.0532. The molecule has 0 amide bonds. The van der Waals surface area contributed by atoms with Crippen LogP contribution in [0.15, 0.2) is 142 Å². The molecule has 0 radical (unpaired) electrons. The van der Waals surface area contributed by atoms with Gasteiger partial charge in [0.2, 0.25) is 0 Å². The van der Waals surface area contributed by atoms with Gasteiger partial charge in [0.1, 0.15) is 22.3 Å². The quantitative estimate of drug-likeness (QED) is 0.163. The molecule has 0 N–H and O–H groups in total. The maximum atomic E-state index is 6.96. The molecule has 2 aliphatic rings. The van der Waals surface area contributed by atoms with Crippen LogP contribution >= 0.6 is 11.3 Å². The molecule has 0 spiro atoms. The van der Waals surface area contributed by atoms with Gasteiger partial charge < -0.3 is 18.6 Å². The van der Waals surface area contributed by atoms with Crippen molar-refractivity contribution in [3.8, 4) is 0 Å². The number of furan rings is 2. The lowest BCUT2D eigenvalue weighted by atomic mass is 9.36. The highest BCUT2D eigenvalue weighted by molar-refractivity contribution is 7.34. The maximum absolute atomic E-state index is 6.96. The lowest BCUT2D eigenvalue weighted by Crippen LogP contribution is -2.60. The summed E-state index contributed by atoms with van der Waals surface area (Å²) in [7, 11) is 0. The second kappa shape index (κ2) is 12.7. The summed E-state index contributed by atoms with van der Waals surface area (Å²) in [6.45, 7) is 20.7. The van der Waals surface area contributed by atoms with E-state index in [2.05, 4.69) is 206 Å². The van der Waals surface area contributed by atoms with E-state index in [-0.39, 0.29) is 23.0 Å². The van der Waals surface area contributed by atoms with E-state index in [0.29, 0.717) is 0 Å². The second-order valence-electron chi connectivity index (χ2n) is 20.6. The summed E-state index contributed by atoms with van der Waals surface area (Å²) in [6.07, 6.45) is 0. The van der Waals surface area contributed by atoms with E-state index in [4.69, 9.17) is 8.83 Å². The zero-order valence-corrected chi connectivity index (χ0v) is 37.7. The van der Waals surface area contributed by atoms with Gasteiger partial charge in [0.25, 0.3) is 6.71 Å². The fourth-order valence-corrected chi connectivity index (χ4v) is 11.7. The van der Waals surface area contributed by atoms with Crippen molar-refractivity contribution in [1.82, 2.24) is 0 Å². The first-order valence-electron chi connectivity index (χ1n) is 22.0. The first kappa shape index (κ1) is 37.5. The molecular formula is C56H49BN2O2S. The summed E-state index contributed by atoms with van der Waals surface area (Å²) >= 11 is 1.94. The van der Waals surface area contributed by atoms with Crippen molar-refractivity contribution >= 4 is 122 Å². The van der Waals surface area contributed by atoms with Crippen molar-refractivity contribution in [3.63, 3.8) is 0 Å². The molecule has 4 nitrogen and oxygen atoms in total. The predicted octanol–water partition coefficient (Wildman–Crippen LogP) is 14.7. The van der Waals surface area contributed by atoms with Crippen LogP contribution in [0.3, 0.4) is 0 Å². The highest BCUT2D eigenvalue weighted by Crippen LogP contribution is 2.53. The molecule has 6 heteroatoms. The molecule has 62 heavy (non-hydrogen) atoms. The van der Waals surface area contributed by atoms with Gasteiger partial charge in [0.15, 0.2) is 0 Å². The fourth-order valence-electron chi connectivity index (χ4n) is 10.2. The van der Waals surface area contributed by atoms with Crippen molar-refractivity contribution < 1.29 is 8.83 Å². The van der Waals surface area contributed by atoms with E-state index in [0.717, 1.165) is 55.6 Å². The first-order valence-corrected chi connectivity index (χ1v) is 22.8. The zero-order valence-electron chi connectivity index (χ0n) is 36.9. The molecule has 7 aromatic carbocycles. The van der Waals surface area contributed by atoms with Gasteiger partial charge in [-0.2, -0.15) is 0 Å². The Bertz CT molecular complexity index is 3480. The van der Waals surface area contributed by atoms with E-state index in [1.807, 2.05) is 11.3 Å². The Morgan fingerprint density at radius 3 is 1.58 bits per heavy atom. The summed E-state index contributed by atoms with van der Waals surface area (Å²) in [5.74, 6) is 0. The van der Waals surface area contributed by atoms with Crippen LogP contribution in [0.2, 0.25) is 0 Å². The molecule has 304 valence electrons. The van der Waals surface area contributed by atoms with Crippen molar-refractivity contribution in [2.45, 2.75) is 78.6 Å². The summed E-state index contributed by atoms with van der Waals surface area (Å²) in [6, 6.07) is 49.7. The van der Waals surface area contributed by atoms with Crippen LogP contribution in [-0.2, 0) is 16.2 Å². The zero-order chi connectivity index (χ0) is 42.6. The third-order valence-corrected chi connectivity index (χ3v) is 14.8. The van der Waals surface area contributed by atoms with E-state index in [1.165, 1.54) is 64.9 Å². The Morgan fingerprint density at radius 1 is 0.452 bits per heavy atom. The molecule has 2 aliphatic heterocycles. The number of fused-ring (bicyclic) bond motifs is 14. The highest BCUT2D eigenvalue weighted by Gasteiger charge is 2.47. The minimum absolute atomic E-state index is 0.0174. The number of rotatable bonds is 2. The predicted molar refractivity (Wildman–Crippen MR) is 267 cm³/mol. The summed E-state index contributed by atoms with van der Waals surface area (Å²) < 4.78 is 16.1. The second-order valence-corrected chi connectivity index (χ2v) is 21.6. The van der Waals surface area contributed by atoms with Gasteiger partial charge in [-0.15, -0.1) is 11.3 Å². The fraction of sp³-hybridized carbons (Fsp3) is 0.214. The number of para-hydroxylation sites is 2. The minimum Gasteiger partial charge on any atom is -0.456 e.